The topological polar surface area (TPSA) is 51.2 Å². The number of sulfone groups is 1. The van der Waals surface area contributed by atoms with E-state index in [2.05, 4.69) is 0 Å². The van der Waals surface area contributed by atoms with Crippen LogP contribution in [-0.2, 0) is 9.84 Å². The van der Waals surface area contributed by atoms with Crippen molar-refractivity contribution < 1.29 is 13.2 Å². The van der Waals surface area contributed by atoms with Crippen LogP contribution in [0.15, 0.2) is 60.7 Å². The maximum Gasteiger partial charge on any atom is 0.193 e. The molecule has 2 rings (SSSR count). The summed E-state index contributed by atoms with van der Waals surface area (Å²) in [6.07, 6.45) is 2.32. The van der Waals surface area contributed by atoms with E-state index in [1.165, 1.54) is 0 Å². The standard InChI is InChI=1S/C13H10O.C2H6O2S/c14-13(11-7-3-1-4-8-11)12-9-5-2-6-10-12;1-5(2,3)4/h1-10H;1-2H3. The summed E-state index contributed by atoms with van der Waals surface area (Å²) >= 11 is 0. The largest absolute Gasteiger partial charge is 0.289 e. The number of rotatable bonds is 2. The van der Waals surface area contributed by atoms with Crippen LogP contribution in [0.3, 0.4) is 0 Å². The molecule has 0 aliphatic rings. The van der Waals surface area contributed by atoms with E-state index in [-0.39, 0.29) is 5.78 Å². The molecule has 0 aromatic heterocycles. The maximum atomic E-state index is 11.8. The Labute approximate surface area is 113 Å². The fraction of sp³-hybridized carbons (Fsp3) is 0.133. The monoisotopic (exact) mass is 276 g/mol. The van der Waals surface area contributed by atoms with E-state index in [1.807, 2.05) is 60.7 Å². The molecule has 0 N–H and O–H groups in total. The van der Waals surface area contributed by atoms with Gasteiger partial charge in [0.2, 0.25) is 0 Å². The first kappa shape index (κ1) is 15.1. The fourth-order valence-electron chi connectivity index (χ4n) is 1.35. The first-order valence-corrected chi connectivity index (χ1v) is 7.97. The number of hydrogen-bond acceptors (Lipinski definition) is 3. The molecule has 0 bridgehead atoms. The minimum atomic E-state index is -2.67. The number of ketones is 1. The molecule has 0 aliphatic carbocycles. The Hall–Kier alpha value is -1.94. The van der Waals surface area contributed by atoms with Gasteiger partial charge in [-0.15, -0.1) is 0 Å². The molecule has 4 heteroatoms. The van der Waals surface area contributed by atoms with Crippen molar-refractivity contribution in [2.75, 3.05) is 12.5 Å². The summed E-state index contributed by atoms with van der Waals surface area (Å²) in [6.45, 7) is 0. The summed E-state index contributed by atoms with van der Waals surface area (Å²) in [6, 6.07) is 18.6. The van der Waals surface area contributed by atoms with Gasteiger partial charge < -0.3 is 0 Å². The molecule has 2 aromatic rings. The van der Waals surface area contributed by atoms with Crippen molar-refractivity contribution in [3.8, 4) is 0 Å². The molecule has 19 heavy (non-hydrogen) atoms. The second-order valence-corrected chi connectivity index (χ2v) is 6.49. The summed E-state index contributed by atoms with van der Waals surface area (Å²) in [4.78, 5) is 11.8. The van der Waals surface area contributed by atoms with Crippen LogP contribution in [0.2, 0.25) is 0 Å². The lowest BCUT2D eigenvalue weighted by Gasteiger charge is -1.99. The third kappa shape index (κ3) is 6.52. The Morgan fingerprint density at radius 3 is 1.26 bits per heavy atom. The molecule has 0 spiro atoms. The van der Waals surface area contributed by atoms with Crippen molar-refractivity contribution in [3.63, 3.8) is 0 Å². The number of benzene rings is 2. The summed E-state index contributed by atoms with van der Waals surface area (Å²) in [5, 5.41) is 0. The Bertz CT molecular complexity index is 567. The van der Waals surface area contributed by atoms with Gasteiger partial charge in [-0.05, 0) is 0 Å². The molecule has 0 radical (unpaired) electrons. The van der Waals surface area contributed by atoms with Crippen molar-refractivity contribution in [1.29, 1.82) is 0 Å². The summed E-state index contributed by atoms with van der Waals surface area (Å²) in [7, 11) is -2.67. The van der Waals surface area contributed by atoms with Crippen molar-refractivity contribution in [1.82, 2.24) is 0 Å². The molecule has 0 saturated carbocycles. The van der Waals surface area contributed by atoms with Gasteiger partial charge in [-0.25, -0.2) is 8.42 Å². The molecule has 0 amide bonds. The van der Waals surface area contributed by atoms with Gasteiger partial charge in [0, 0.05) is 23.6 Å². The normalized spacial score (nSPS) is 10.2. The number of carbonyl (C=O) groups is 1. The number of hydrogen-bond donors (Lipinski definition) is 0. The number of carbonyl (C=O) groups excluding carboxylic acids is 1. The highest BCUT2D eigenvalue weighted by Crippen LogP contribution is 2.08. The van der Waals surface area contributed by atoms with Crippen LogP contribution in [0.4, 0.5) is 0 Å². The minimum Gasteiger partial charge on any atom is -0.289 e. The average molecular weight is 276 g/mol. The molecule has 2 aromatic carbocycles. The van der Waals surface area contributed by atoms with E-state index in [0.717, 1.165) is 23.6 Å². The van der Waals surface area contributed by atoms with Crippen LogP contribution in [0.1, 0.15) is 15.9 Å². The van der Waals surface area contributed by atoms with Gasteiger partial charge in [0.1, 0.15) is 9.84 Å². The lowest BCUT2D eigenvalue weighted by Crippen LogP contribution is -1.99. The second kappa shape index (κ2) is 6.85. The maximum absolute atomic E-state index is 11.8. The zero-order valence-electron chi connectivity index (χ0n) is 10.9. The van der Waals surface area contributed by atoms with Gasteiger partial charge in [-0.2, -0.15) is 0 Å². The van der Waals surface area contributed by atoms with E-state index >= 15 is 0 Å². The molecular weight excluding hydrogens is 260 g/mol. The summed E-state index contributed by atoms with van der Waals surface area (Å²) in [5.74, 6) is 0.0752. The van der Waals surface area contributed by atoms with E-state index in [1.54, 1.807) is 0 Å². The van der Waals surface area contributed by atoms with E-state index < -0.39 is 9.84 Å². The van der Waals surface area contributed by atoms with Crippen molar-refractivity contribution in [3.05, 3.63) is 71.8 Å². The first-order chi connectivity index (χ1) is 8.88. The molecule has 3 nitrogen and oxygen atoms in total. The Balaban J connectivity index is 0.000000312. The van der Waals surface area contributed by atoms with E-state index in [9.17, 15) is 13.2 Å². The van der Waals surface area contributed by atoms with Crippen LogP contribution in [-0.4, -0.2) is 26.7 Å². The molecule has 0 saturated heterocycles. The highest BCUT2D eigenvalue weighted by Gasteiger charge is 2.06. The average Bonchev–Trinajstić information content (AvgIpc) is 2.38. The van der Waals surface area contributed by atoms with Gasteiger partial charge >= 0.3 is 0 Å². The van der Waals surface area contributed by atoms with Gasteiger partial charge in [0.15, 0.2) is 5.78 Å². The van der Waals surface area contributed by atoms with Gasteiger partial charge in [-0.3, -0.25) is 4.79 Å². The van der Waals surface area contributed by atoms with E-state index in [4.69, 9.17) is 0 Å². The lowest BCUT2D eigenvalue weighted by atomic mass is 10.0. The zero-order chi connectivity index (χ0) is 14.3. The van der Waals surface area contributed by atoms with Crippen LogP contribution >= 0.6 is 0 Å². The summed E-state index contributed by atoms with van der Waals surface area (Å²) in [5.41, 5.74) is 1.47. The highest BCUT2D eigenvalue weighted by atomic mass is 32.2. The quantitative estimate of drug-likeness (QED) is 0.792. The van der Waals surface area contributed by atoms with E-state index in [0.29, 0.717) is 0 Å². The molecule has 0 atom stereocenters. The molecule has 0 heterocycles. The Kier molecular flexibility index (Phi) is 5.45. The molecule has 0 aliphatic heterocycles. The molecular formula is C15H16O3S. The van der Waals surface area contributed by atoms with Crippen LogP contribution < -0.4 is 0 Å². The second-order valence-electron chi connectivity index (χ2n) is 4.20. The third-order valence-corrected chi connectivity index (χ3v) is 2.07. The summed E-state index contributed by atoms with van der Waals surface area (Å²) < 4.78 is 19.3. The predicted octanol–water partition coefficient (Wildman–Crippen LogP) is 2.58. The van der Waals surface area contributed by atoms with Crippen molar-refractivity contribution >= 4 is 15.6 Å². The smallest absolute Gasteiger partial charge is 0.193 e. The molecule has 100 valence electrons. The molecule has 0 fully saturated rings. The molecule has 0 unspecified atom stereocenters. The predicted molar refractivity (Wildman–Crippen MR) is 77.1 cm³/mol. The Morgan fingerprint density at radius 2 is 1.00 bits per heavy atom. The van der Waals surface area contributed by atoms with Crippen LogP contribution in [0, 0.1) is 0 Å². The van der Waals surface area contributed by atoms with Gasteiger partial charge in [-0.1, -0.05) is 60.7 Å². The minimum absolute atomic E-state index is 0.0752. The van der Waals surface area contributed by atoms with Crippen LogP contribution in [0.5, 0.6) is 0 Å². The van der Waals surface area contributed by atoms with Crippen molar-refractivity contribution in [2.24, 2.45) is 0 Å². The Morgan fingerprint density at radius 1 is 0.737 bits per heavy atom. The van der Waals surface area contributed by atoms with Crippen LogP contribution in [0.25, 0.3) is 0 Å². The third-order valence-electron chi connectivity index (χ3n) is 2.07. The van der Waals surface area contributed by atoms with Crippen molar-refractivity contribution in [2.45, 2.75) is 0 Å². The highest BCUT2D eigenvalue weighted by molar-refractivity contribution is 7.89. The van der Waals surface area contributed by atoms with Gasteiger partial charge in [0.25, 0.3) is 0 Å². The lowest BCUT2D eigenvalue weighted by molar-refractivity contribution is 0.103. The first-order valence-electron chi connectivity index (χ1n) is 5.68. The SMILES string of the molecule is CS(C)(=O)=O.O=C(c1ccccc1)c1ccccc1. The van der Waals surface area contributed by atoms with Gasteiger partial charge in [0.05, 0.1) is 0 Å². The fourth-order valence-corrected chi connectivity index (χ4v) is 1.35. The zero-order valence-corrected chi connectivity index (χ0v) is 11.7.